The number of sulfone groups is 1. The molecule has 30 heavy (non-hydrogen) atoms. The van der Waals surface area contributed by atoms with Gasteiger partial charge in [0.15, 0.2) is 0 Å². The third kappa shape index (κ3) is 3.29. The van der Waals surface area contributed by atoms with Gasteiger partial charge in [-0.1, -0.05) is 18.2 Å². The van der Waals surface area contributed by atoms with Gasteiger partial charge in [-0.05, 0) is 73.5 Å². The fourth-order valence-electron chi connectivity index (χ4n) is 3.41. The van der Waals surface area contributed by atoms with Gasteiger partial charge in [-0.25, -0.2) is 8.42 Å². The first-order chi connectivity index (χ1) is 14.3. The number of ether oxygens (including phenoxy) is 1. The number of rotatable bonds is 4. The molecule has 0 aromatic heterocycles. The Bertz CT molecular complexity index is 1270. The molecule has 0 amide bonds. The van der Waals surface area contributed by atoms with E-state index in [2.05, 4.69) is 0 Å². The number of methoxy groups -OCH3 is 1. The van der Waals surface area contributed by atoms with Crippen molar-refractivity contribution in [2.45, 2.75) is 18.7 Å². The lowest BCUT2D eigenvalue weighted by atomic mass is 10.1. The van der Waals surface area contributed by atoms with E-state index in [1.54, 1.807) is 47.4 Å². The van der Waals surface area contributed by atoms with Crippen LogP contribution in [0.5, 0.6) is 5.75 Å². The highest BCUT2D eigenvalue weighted by molar-refractivity contribution is 7.96. The maximum Gasteiger partial charge on any atom is 0.214 e. The summed E-state index contributed by atoms with van der Waals surface area (Å²) in [6, 6.07) is 19.0. The number of nitrogens with zero attached hydrogens (tertiary/aromatic N) is 1. The smallest absolute Gasteiger partial charge is 0.214 e. The summed E-state index contributed by atoms with van der Waals surface area (Å²) in [4.78, 5) is 14.8. The predicted molar refractivity (Wildman–Crippen MR) is 117 cm³/mol. The number of benzene rings is 3. The van der Waals surface area contributed by atoms with E-state index in [1.165, 1.54) is 19.4 Å². The molecule has 0 saturated carbocycles. The molecule has 0 fully saturated rings. The van der Waals surface area contributed by atoms with Crippen LogP contribution >= 0.6 is 0 Å². The van der Waals surface area contributed by atoms with Crippen LogP contribution in [0.4, 0.5) is 11.4 Å². The Labute approximate surface area is 176 Å². The first-order valence-corrected chi connectivity index (χ1v) is 10.9. The molecule has 3 aromatic rings. The van der Waals surface area contributed by atoms with Gasteiger partial charge >= 0.3 is 0 Å². The van der Waals surface area contributed by atoms with Crippen LogP contribution in [0.1, 0.15) is 21.5 Å². The number of hydrogen-bond acceptors (Lipinski definition) is 5. The second kappa shape index (κ2) is 7.46. The first-order valence-electron chi connectivity index (χ1n) is 9.44. The number of carbonyl (C=O) groups is 1. The van der Waals surface area contributed by atoms with Crippen LogP contribution in [0, 0.1) is 13.8 Å². The number of aryl methyl sites for hydroxylation is 2. The van der Waals surface area contributed by atoms with Gasteiger partial charge in [-0.15, -0.1) is 0 Å². The average molecular weight is 420 g/mol. The number of hydrogen-bond donors (Lipinski definition) is 0. The van der Waals surface area contributed by atoms with Crippen molar-refractivity contribution in [1.82, 2.24) is 0 Å². The summed E-state index contributed by atoms with van der Waals surface area (Å²) in [5.74, 6) is 0.0372. The Morgan fingerprint density at radius 3 is 2.27 bits per heavy atom. The molecule has 0 aliphatic carbocycles. The fraction of sp³-hybridized carbons (Fsp3) is 0.125. The summed E-state index contributed by atoms with van der Waals surface area (Å²) in [6.07, 6.45) is 1.42. The van der Waals surface area contributed by atoms with E-state index < -0.39 is 15.6 Å². The Hall–Kier alpha value is -3.38. The second-order valence-electron chi connectivity index (χ2n) is 7.16. The summed E-state index contributed by atoms with van der Waals surface area (Å²) in [7, 11) is -2.44. The molecule has 0 N–H and O–H groups in total. The lowest BCUT2D eigenvalue weighted by Crippen LogP contribution is -2.25. The molecule has 1 aliphatic rings. The van der Waals surface area contributed by atoms with E-state index in [9.17, 15) is 13.2 Å². The van der Waals surface area contributed by atoms with Crippen molar-refractivity contribution in [1.29, 1.82) is 0 Å². The molecule has 6 heteroatoms. The van der Waals surface area contributed by atoms with Crippen molar-refractivity contribution in [2.75, 3.05) is 12.0 Å². The number of carbonyl (C=O) groups excluding carboxylic acids is 1. The number of Topliss-reactive ketones (excluding diaryl/α,β-unsaturated/α-hetero) is 1. The number of ketones is 1. The van der Waals surface area contributed by atoms with E-state index in [0.717, 1.165) is 16.8 Å². The minimum atomic E-state index is -3.97. The van der Waals surface area contributed by atoms with Crippen LogP contribution in [0.25, 0.3) is 0 Å². The van der Waals surface area contributed by atoms with Crippen LogP contribution < -0.4 is 9.64 Å². The van der Waals surface area contributed by atoms with E-state index in [1.807, 2.05) is 32.0 Å². The van der Waals surface area contributed by atoms with Crippen LogP contribution in [-0.2, 0) is 9.84 Å². The van der Waals surface area contributed by atoms with Crippen LogP contribution in [0.15, 0.2) is 82.7 Å². The SMILES string of the molecule is COc1ccc(C(=O)C2=CN(c3ccc(C)c(C)c3)c3ccccc3S2(=O)=O)cc1. The van der Waals surface area contributed by atoms with Gasteiger partial charge < -0.3 is 9.64 Å². The van der Waals surface area contributed by atoms with Crippen molar-refractivity contribution >= 4 is 27.0 Å². The molecule has 3 aromatic carbocycles. The van der Waals surface area contributed by atoms with Gasteiger partial charge in [0.2, 0.25) is 15.6 Å². The standard InChI is InChI=1S/C24H21NO4S/c1-16-8-11-19(14-17(16)2)25-15-23(24(26)18-9-12-20(29-3)13-10-18)30(27,28)22-7-5-4-6-21(22)25/h4-15H,1-3H3. The molecule has 0 radical (unpaired) electrons. The molecule has 152 valence electrons. The molecule has 0 bridgehead atoms. The highest BCUT2D eigenvalue weighted by Gasteiger charge is 2.36. The molecular formula is C24H21NO4S. The van der Waals surface area contributed by atoms with Crippen LogP contribution in [-0.4, -0.2) is 21.3 Å². The highest BCUT2D eigenvalue weighted by atomic mass is 32.2. The van der Waals surface area contributed by atoms with Crippen LogP contribution in [0.2, 0.25) is 0 Å². The molecule has 1 aliphatic heterocycles. The van der Waals surface area contributed by atoms with Gasteiger partial charge in [-0.3, -0.25) is 4.79 Å². The number of anilines is 2. The largest absolute Gasteiger partial charge is 0.497 e. The molecule has 4 rings (SSSR count). The van der Waals surface area contributed by atoms with Crippen molar-refractivity contribution in [2.24, 2.45) is 0 Å². The minimum absolute atomic E-state index is 0.114. The summed E-state index contributed by atoms with van der Waals surface area (Å²) in [6.45, 7) is 4.01. The third-order valence-electron chi connectivity index (χ3n) is 5.29. The zero-order valence-electron chi connectivity index (χ0n) is 16.9. The lowest BCUT2D eigenvalue weighted by molar-refractivity contribution is 0.104. The van der Waals surface area contributed by atoms with E-state index >= 15 is 0 Å². The zero-order chi connectivity index (χ0) is 21.5. The maximum absolute atomic E-state index is 13.3. The number of fused-ring (bicyclic) bond motifs is 1. The minimum Gasteiger partial charge on any atom is -0.497 e. The summed E-state index contributed by atoms with van der Waals surface area (Å²) >= 11 is 0. The normalized spacial score (nSPS) is 14.6. The van der Waals surface area contributed by atoms with E-state index in [4.69, 9.17) is 4.74 Å². The predicted octanol–water partition coefficient (Wildman–Crippen LogP) is 4.96. The molecule has 0 unspecified atom stereocenters. The van der Waals surface area contributed by atoms with Gasteiger partial charge in [-0.2, -0.15) is 0 Å². The van der Waals surface area contributed by atoms with Crippen molar-refractivity contribution in [3.8, 4) is 5.75 Å². The van der Waals surface area contributed by atoms with Gasteiger partial charge in [0.05, 0.1) is 17.7 Å². The Balaban J connectivity index is 1.89. The second-order valence-corrected chi connectivity index (χ2v) is 9.05. The average Bonchev–Trinajstić information content (AvgIpc) is 2.76. The van der Waals surface area contributed by atoms with E-state index in [0.29, 0.717) is 11.4 Å². The van der Waals surface area contributed by atoms with Crippen LogP contribution in [0.3, 0.4) is 0 Å². The molecule has 0 atom stereocenters. The Kier molecular flexibility index (Phi) is 4.95. The van der Waals surface area contributed by atoms with Crippen molar-refractivity contribution < 1.29 is 17.9 Å². The molecular weight excluding hydrogens is 398 g/mol. The topological polar surface area (TPSA) is 63.7 Å². The Morgan fingerprint density at radius 1 is 0.900 bits per heavy atom. The van der Waals surface area contributed by atoms with Gasteiger partial charge in [0.25, 0.3) is 0 Å². The fourth-order valence-corrected chi connectivity index (χ4v) is 4.95. The third-order valence-corrected chi connectivity index (χ3v) is 7.09. The lowest BCUT2D eigenvalue weighted by Gasteiger charge is -2.29. The molecule has 5 nitrogen and oxygen atoms in total. The number of para-hydroxylation sites is 1. The first kappa shape index (κ1) is 19.9. The highest BCUT2D eigenvalue weighted by Crippen LogP contribution is 2.40. The van der Waals surface area contributed by atoms with Gasteiger partial charge in [0, 0.05) is 17.5 Å². The van der Waals surface area contributed by atoms with E-state index in [-0.39, 0.29) is 15.4 Å². The molecule has 0 saturated heterocycles. The summed E-state index contributed by atoms with van der Waals surface area (Å²) < 4.78 is 31.7. The number of allylic oxidation sites excluding steroid dienone is 1. The quantitative estimate of drug-likeness (QED) is 0.559. The van der Waals surface area contributed by atoms with Crippen molar-refractivity contribution in [3.05, 3.63) is 94.5 Å². The zero-order valence-corrected chi connectivity index (χ0v) is 17.7. The molecule has 0 spiro atoms. The maximum atomic E-state index is 13.3. The van der Waals surface area contributed by atoms with Gasteiger partial charge in [0.1, 0.15) is 10.7 Å². The molecule has 1 heterocycles. The monoisotopic (exact) mass is 419 g/mol. The summed E-state index contributed by atoms with van der Waals surface area (Å²) in [5, 5.41) is 0. The Morgan fingerprint density at radius 2 is 1.60 bits per heavy atom. The van der Waals surface area contributed by atoms with Crippen molar-refractivity contribution in [3.63, 3.8) is 0 Å². The summed E-state index contributed by atoms with van der Waals surface area (Å²) in [5.41, 5.74) is 3.81.